The highest BCUT2D eigenvalue weighted by atomic mass is 16.4. The topological polar surface area (TPSA) is 64.1 Å². The first-order valence-electron chi connectivity index (χ1n) is 7.49. The minimum Gasteiger partial charge on any atom is -0.480 e. The van der Waals surface area contributed by atoms with Crippen molar-refractivity contribution in [3.05, 3.63) is 0 Å². The Morgan fingerprint density at radius 3 is 2.20 bits per heavy atom. The molecule has 0 aromatic rings. The van der Waals surface area contributed by atoms with Crippen molar-refractivity contribution < 1.29 is 14.7 Å². The van der Waals surface area contributed by atoms with Crippen LogP contribution < -0.4 is 0 Å². The predicted octanol–water partition coefficient (Wildman–Crippen LogP) is 1.07. The van der Waals surface area contributed by atoms with Crippen LogP contribution in [-0.4, -0.2) is 77.1 Å². The SMILES string of the molecule is CC(C(=O)O)N1CCN(C(=O)N(C)C2CCCC2)CC1. The number of hydrogen-bond donors (Lipinski definition) is 1. The van der Waals surface area contributed by atoms with Crippen molar-refractivity contribution in [2.75, 3.05) is 33.2 Å². The maximum Gasteiger partial charge on any atom is 0.320 e. The average Bonchev–Trinajstić information content (AvgIpc) is 2.99. The van der Waals surface area contributed by atoms with Gasteiger partial charge >= 0.3 is 12.0 Å². The molecule has 0 aromatic carbocycles. The second kappa shape index (κ2) is 6.43. The van der Waals surface area contributed by atoms with Crippen LogP contribution in [0.3, 0.4) is 0 Å². The molecule has 2 rings (SSSR count). The summed E-state index contributed by atoms with van der Waals surface area (Å²) < 4.78 is 0. The monoisotopic (exact) mass is 283 g/mol. The van der Waals surface area contributed by atoms with Crippen molar-refractivity contribution in [2.24, 2.45) is 0 Å². The lowest BCUT2D eigenvalue weighted by Crippen LogP contribution is -2.56. The number of rotatable bonds is 3. The van der Waals surface area contributed by atoms with E-state index in [0.717, 1.165) is 12.8 Å². The van der Waals surface area contributed by atoms with E-state index in [9.17, 15) is 9.59 Å². The van der Waals surface area contributed by atoms with Gasteiger partial charge < -0.3 is 14.9 Å². The molecule has 0 radical (unpaired) electrons. The largest absolute Gasteiger partial charge is 0.480 e. The van der Waals surface area contributed by atoms with Gasteiger partial charge in [0.2, 0.25) is 0 Å². The summed E-state index contributed by atoms with van der Waals surface area (Å²) in [6.07, 6.45) is 4.65. The maximum atomic E-state index is 12.4. The molecule has 6 heteroatoms. The number of carboxylic acid groups (broad SMARTS) is 1. The van der Waals surface area contributed by atoms with E-state index in [2.05, 4.69) is 0 Å². The molecule has 1 N–H and O–H groups in total. The van der Waals surface area contributed by atoms with E-state index < -0.39 is 12.0 Å². The molecule has 114 valence electrons. The lowest BCUT2D eigenvalue weighted by Gasteiger charge is -2.39. The van der Waals surface area contributed by atoms with E-state index in [-0.39, 0.29) is 6.03 Å². The van der Waals surface area contributed by atoms with Gasteiger partial charge in [-0.3, -0.25) is 9.69 Å². The molecule has 2 aliphatic rings. The summed E-state index contributed by atoms with van der Waals surface area (Å²) in [5, 5.41) is 9.01. The third kappa shape index (κ3) is 3.23. The smallest absolute Gasteiger partial charge is 0.320 e. The quantitative estimate of drug-likeness (QED) is 0.841. The van der Waals surface area contributed by atoms with Gasteiger partial charge in [0.15, 0.2) is 0 Å². The van der Waals surface area contributed by atoms with Crippen LogP contribution >= 0.6 is 0 Å². The number of carboxylic acids is 1. The second-order valence-corrected chi connectivity index (χ2v) is 5.87. The van der Waals surface area contributed by atoms with E-state index in [1.165, 1.54) is 12.8 Å². The van der Waals surface area contributed by atoms with Gasteiger partial charge in [0.25, 0.3) is 0 Å². The van der Waals surface area contributed by atoms with Crippen LogP contribution in [0, 0.1) is 0 Å². The molecule has 1 aliphatic carbocycles. The van der Waals surface area contributed by atoms with Crippen molar-refractivity contribution in [3.63, 3.8) is 0 Å². The third-order valence-corrected chi connectivity index (χ3v) is 4.66. The first-order chi connectivity index (χ1) is 9.50. The molecule has 1 saturated heterocycles. The zero-order chi connectivity index (χ0) is 14.7. The van der Waals surface area contributed by atoms with Crippen molar-refractivity contribution in [3.8, 4) is 0 Å². The van der Waals surface area contributed by atoms with Crippen LogP contribution in [0.15, 0.2) is 0 Å². The number of urea groups is 1. The summed E-state index contributed by atoms with van der Waals surface area (Å²) in [6.45, 7) is 4.21. The maximum absolute atomic E-state index is 12.4. The fourth-order valence-corrected chi connectivity index (χ4v) is 3.13. The number of aliphatic carboxylic acids is 1. The van der Waals surface area contributed by atoms with Gasteiger partial charge in [0.1, 0.15) is 6.04 Å². The van der Waals surface area contributed by atoms with Crippen LogP contribution in [-0.2, 0) is 4.79 Å². The van der Waals surface area contributed by atoms with Gasteiger partial charge in [-0.1, -0.05) is 12.8 Å². The highest BCUT2D eigenvalue weighted by molar-refractivity contribution is 5.75. The Morgan fingerprint density at radius 2 is 1.70 bits per heavy atom. The van der Waals surface area contributed by atoms with E-state index in [1.807, 2.05) is 21.7 Å². The van der Waals surface area contributed by atoms with Crippen LogP contribution in [0.25, 0.3) is 0 Å². The number of hydrogen-bond acceptors (Lipinski definition) is 3. The van der Waals surface area contributed by atoms with Gasteiger partial charge in [-0.15, -0.1) is 0 Å². The fourth-order valence-electron chi connectivity index (χ4n) is 3.13. The van der Waals surface area contributed by atoms with E-state index in [0.29, 0.717) is 32.2 Å². The summed E-state index contributed by atoms with van der Waals surface area (Å²) in [7, 11) is 1.89. The zero-order valence-corrected chi connectivity index (χ0v) is 12.4. The van der Waals surface area contributed by atoms with Gasteiger partial charge in [-0.25, -0.2) is 4.79 Å². The summed E-state index contributed by atoms with van der Waals surface area (Å²) in [5.74, 6) is -0.798. The molecule has 2 amide bonds. The minimum absolute atomic E-state index is 0.0968. The molecule has 1 heterocycles. The minimum atomic E-state index is -0.798. The summed E-state index contributed by atoms with van der Waals surface area (Å²) >= 11 is 0. The lowest BCUT2D eigenvalue weighted by molar-refractivity contribution is -0.143. The Balaban J connectivity index is 1.83. The zero-order valence-electron chi connectivity index (χ0n) is 12.4. The molecule has 0 aromatic heterocycles. The molecular formula is C14H25N3O3. The first kappa shape index (κ1) is 15.1. The summed E-state index contributed by atoms with van der Waals surface area (Å²) in [4.78, 5) is 29.0. The molecule has 1 aliphatic heterocycles. The van der Waals surface area contributed by atoms with E-state index in [4.69, 9.17) is 5.11 Å². The number of nitrogens with zero attached hydrogens (tertiary/aromatic N) is 3. The average molecular weight is 283 g/mol. The van der Waals surface area contributed by atoms with E-state index >= 15 is 0 Å². The standard InChI is InChI=1S/C14H25N3O3/c1-11(13(18)19)16-7-9-17(10-8-16)14(20)15(2)12-5-3-4-6-12/h11-12H,3-10H2,1-2H3,(H,18,19). The Morgan fingerprint density at radius 1 is 1.15 bits per heavy atom. The normalized spacial score (nSPS) is 22.8. The Bertz CT molecular complexity index is 361. The fraction of sp³-hybridized carbons (Fsp3) is 0.857. The molecular weight excluding hydrogens is 258 g/mol. The van der Waals surface area contributed by atoms with Crippen LogP contribution in [0.5, 0.6) is 0 Å². The van der Waals surface area contributed by atoms with E-state index in [1.54, 1.807) is 6.92 Å². The van der Waals surface area contributed by atoms with Gasteiger partial charge in [-0.05, 0) is 19.8 Å². The molecule has 1 saturated carbocycles. The van der Waals surface area contributed by atoms with Gasteiger partial charge in [-0.2, -0.15) is 0 Å². The van der Waals surface area contributed by atoms with Crippen LogP contribution in [0.4, 0.5) is 4.79 Å². The van der Waals surface area contributed by atoms with Crippen LogP contribution in [0.1, 0.15) is 32.6 Å². The van der Waals surface area contributed by atoms with Crippen molar-refractivity contribution in [1.29, 1.82) is 0 Å². The second-order valence-electron chi connectivity index (χ2n) is 5.87. The highest BCUT2D eigenvalue weighted by Gasteiger charge is 2.31. The first-order valence-corrected chi connectivity index (χ1v) is 7.49. The number of piperazine rings is 1. The van der Waals surface area contributed by atoms with Crippen LogP contribution in [0.2, 0.25) is 0 Å². The predicted molar refractivity (Wildman–Crippen MR) is 75.7 cm³/mol. The van der Waals surface area contributed by atoms with Crippen molar-refractivity contribution in [2.45, 2.75) is 44.7 Å². The Kier molecular flexibility index (Phi) is 4.86. The van der Waals surface area contributed by atoms with Crippen molar-refractivity contribution >= 4 is 12.0 Å². The molecule has 0 spiro atoms. The number of carbonyl (C=O) groups is 2. The van der Waals surface area contributed by atoms with Crippen molar-refractivity contribution in [1.82, 2.24) is 14.7 Å². The Labute approximate surface area is 120 Å². The third-order valence-electron chi connectivity index (χ3n) is 4.66. The lowest BCUT2D eigenvalue weighted by atomic mass is 10.2. The molecule has 0 bridgehead atoms. The number of carbonyl (C=O) groups excluding carboxylic acids is 1. The molecule has 20 heavy (non-hydrogen) atoms. The Hall–Kier alpha value is -1.30. The highest BCUT2D eigenvalue weighted by Crippen LogP contribution is 2.23. The van der Waals surface area contributed by atoms with Gasteiger partial charge in [0.05, 0.1) is 0 Å². The molecule has 2 fully saturated rings. The molecule has 1 unspecified atom stereocenters. The summed E-state index contributed by atoms with van der Waals surface area (Å²) in [5.41, 5.74) is 0. The summed E-state index contributed by atoms with van der Waals surface area (Å²) in [6, 6.07) is 0.0119. The molecule has 1 atom stereocenters. The molecule has 6 nitrogen and oxygen atoms in total. The van der Waals surface area contributed by atoms with Gasteiger partial charge in [0, 0.05) is 39.3 Å². The number of amides is 2.